The number of hydrogen-bond donors (Lipinski definition) is 1. The van der Waals surface area contributed by atoms with E-state index in [-0.39, 0.29) is 6.61 Å². The third-order valence-electron chi connectivity index (χ3n) is 3.79. The average Bonchev–Trinajstić information content (AvgIpc) is 3.19. The maximum atomic E-state index is 11.3. The fraction of sp³-hybridized carbons (Fsp3) is 0.357. The molecule has 1 aromatic heterocycles. The summed E-state index contributed by atoms with van der Waals surface area (Å²) in [6.45, 7) is 2.60. The van der Waals surface area contributed by atoms with Gasteiger partial charge in [0, 0.05) is 17.5 Å². The average molecular weight is 287 g/mol. The van der Waals surface area contributed by atoms with Crippen LogP contribution >= 0.6 is 0 Å². The van der Waals surface area contributed by atoms with Crippen molar-refractivity contribution in [3.63, 3.8) is 0 Å². The first kappa shape index (κ1) is 12.2. The zero-order valence-electron chi connectivity index (χ0n) is 11.4. The number of carbonyl (C=O) groups excluding carboxylic acids is 1. The summed E-state index contributed by atoms with van der Waals surface area (Å²) in [7, 11) is 0. The van der Waals surface area contributed by atoms with E-state index in [9.17, 15) is 4.79 Å². The molecule has 1 fully saturated rings. The van der Waals surface area contributed by atoms with E-state index in [2.05, 4.69) is 15.5 Å². The van der Waals surface area contributed by atoms with Gasteiger partial charge in [0.05, 0.1) is 0 Å². The second-order valence-corrected chi connectivity index (χ2v) is 5.15. The van der Waals surface area contributed by atoms with Crippen molar-refractivity contribution in [3.8, 4) is 17.1 Å². The summed E-state index contributed by atoms with van der Waals surface area (Å²) in [4.78, 5) is 15.6. The van der Waals surface area contributed by atoms with E-state index < -0.39 is 11.6 Å². The molecule has 1 unspecified atom stereocenters. The summed E-state index contributed by atoms with van der Waals surface area (Å²) in [6.07, 6.45) is 0.280. The monoisotopic (exact) mass is 287 g/mol. The molecule has 4 rings (SSSR count). The molecule has 2 aromatic rings. The molecule has 1 amide bonds. The van der Waals surface area contributed by atoms with Crippen molar-refractivity contribution in [2.75, 3.05) is 13.2 Å². The molecule has 21 heavy (non-hydrogen) atoms. The summed E-state index contributed by atoms with van der Waals surface area (Å²) >= 11 is 0. The molecule has 2 aliphatic rings. The number of hydrogen-bond acceptors (Lipinski definition) is 6. The number of fused-ring (bicyclic) bond motifs is 2. The molecule has 7 nitrogen and oxygen atoms in total. The van der Waals surface area contributed by atoms with Crippen LogP contribution in [0.5, 0.6) is 5.75 Å². The molecular weight excluding hydrogens is 274 g/mol. The molecule has 2 aliphatic heterocycles. The lowest BCUT2D eigenvalue weighted by molar-refractivity contribution is 0.167. The summed E-state index contributed by atoms with van der Waals surface area (Å²) in [5.74, 6) is 1.84. The molecule has 0 aliphatic carbocycles. The standard InChI is InChI=1S/C14H13N3O4/c1-2-11-15-12(17-21-11)8-3-4-9-10(5-8)19-6-14(9)7-20-13(18)16-14/h3-5H,2,6-7H2,1H3,(H,16,18). The zero-order chi connectivity index (χ0) is 14.4. The molecule has 1 N–H and O–H groups in total. The van der Waals surface area contributed by atoms with E-state index in [0.29, 0.717) is 30.5 Å². The van der Waals surface area contributed by atoms with Crippen molar-refractivity contribution >= 4 is 6.09 Å². The highest BCUT2D eigenvalue weighted by Crippen LogP contribution is 2.41. The Kier molecular flexibility index (Phi) is 2.44. The van der Waals surface area contributed by atoms with Gasteiger partial charge in [0.15, 0.2) is 0 Å². The van der Waals surface area contributed by atoms with E-state index in [0.717, 1.165) is 11.1 Å². The van der Waals surface area contributed by atoms with Gasteiger partial charge >= 0.3 is 6.09 Å². The van der Waals surface area contributed by atoms with Crippen LogP contribution < -0.4 is 10.1 Å². The van der Waals surface area contributed by atoms with E-state index in [1.807, 2.05) is 25.1 Å². The van der Waals surface area contributed by atoms with Gasteiger partial charge in [-0.3, -0.25) is 0 Å². The summed E-state index contributed by atoms with van der Waals surface area (Å²) in [5.41, 5.74) is 1.16. The molecule has 0 saturated carbocycles. The lowest BCUT2D eigenvalue weighted by Gasteiger charge is -2.18. The van der Waals surface area contributed by atoms with Crippen LogP contribution in [0.25, 0.3) is 11.4 Å². The van der Waals surface area contributed by atoms with Gasteiger partial charge in [-0.05, 0) is 6.07 Å². The summed E-state index contributed by atoms with van der Waals surface area (Å²) < 4.78 is 15.8. The second kappa shape index (κ2) is 4.21. The van der Waals surface area contributed by atoms with Gasteiger partial charge in [0.25, 0.3) is 0 Å². The van der Waals surface area contributed by atoms with Crippen molar-refractivity contribution in [1.82, 2.24) is 15.5 Å². The molecule has 3 heterocycles. The fourth-order valence-electron chi connectivity index (χ4n) is 2.65. The molecule has 108 valence electrons. The number of aromatic nitrogens is 2. The highest BCUT2D eigenvalue weighted by atomic mass is 16.6. The van der Waals surface area contributed by atoms with Crippen LogP contribution in [0.15, 0.2) is 22.7 Å². The second-order valence-electron chi connectivity index (χ2n) is 5.15. The van der Waals surface area contributed by atoms with Crippen molar-refractivity contribution in [1.29, 1.82) is 0 Å². The zero-order valence-corrected chi connectivity index (χ0v) is 11.4. The Balaban J connectivity index is 1.71. The number of alkyl carbamates (subject to hydrolysis) is 1. The lowest BCUT2D eigenvalue weighted by atomic mass is 9.93. The minimum absolute atomic E-state index is 0.278. The Morgan fingerprint density at radius 1 is 1.33 bits per heavy atom. The normalized spacial score (nSPS) is 22.8. The summed E-state index contributed by atoms with van der Waals surface area (Å²) in [5, 5.41) is 6.77. The van der Waals surface area contributed by atoms with Crippen LogP contribution in [0.2, 0.25) is 0 Å². The molecule has 0 bridgehead atoms. The quantitative estimate of drug-likeness (QED) is 0.903. The molecule has 1 spiro atoms. The number of carbonyl (C=O) groups is 1. The maximum absolute atomic E-state index is 11.3. The predicted octanol–water partition coefficient (Wildman–Crippen LogP) is 1.63. The van der Waals surface area contributed by atoms with Gasteiger partial charge < -0.3 is 19.3 Å². The van der Waals surface area contributed by atoms with Gasteiger partial charge in [-0.15, -0.1) is 0 Å². The van der Waals surface area contributed by atoms with Crippen molar-refractivity contribution in [3.05, 3.63) is 29.7 Å². The lowest BCUT2D eigenvalue weighted by Crippen LogP contribution is -2.41. The number of aryl methyl sites for hydroxylation is 1. The Morgan fingerprint density at radius 3 is 2.90 bits per heavy atom. The third kappa shape index (κ3) is 1.77. The van der Waals surface area contributed by atoms with Crippen LogP contribution in [0.1, 0.15) is 18.4 Å². The van der Waals surface area contributed by atoms with Crippen LogP contribution in [0, 0.1) is 0 Å². The first-order chi connectivity index (χ1) is 10.2. The first-order valence-electron chi connectivity index (χ1n) is 6.75. The molecule has 1 aromatic carbocycles. The Bertz CT molecular complexity index is 727. The van der Waals surface area contributed by atoms with Crippen LogP contribution in [0.3, 0.4) is 0 Å². The summed E-state index contributed by atoms with van der Waals surface area (Å²) in [6, 6.07) is 5.66. The van der Waals surface area contributed by atoms with Crippen molar-refractivity contribution < 1.29 is 18.8 Å². The number of ether oxygens (including phenoxy) is 2. The first-order valence-corrected chi connectivity index (χ1v) is 6.75. The topological polar surface area (TPSA) is 86.5 Å². The number of rotatable bonds is 2. The molecular formula is C14H13N3O4. The fourth-order valence-corrected chi connectivity index (χ4v) is 2.65. The minimum atomic E-state index is -0.573. The van der Waals surface area contributed by atoms with Crippen molar-refractivity contribution in [2.45, 2.75) is 18.9 Å². The Labute approximate surface area is 120 Å². The van der Waals surface area contributed by atoms with Crippen molar-refractivity contribution in [2.24, 2.45) is 0 Å². The molecule has 1 atom stereocenters. The number of nitrogens with one attached hydrogen (secondary N) is 1. The number of benzene rings is 1. The van der Waals surface area contributed by atoms with Gasteiger partial charge in [-0.25, -0.2) is 4.79 Å². The predicted molar refractivity (Wildman–Crippen MR) is 70.8 cm³/mol. The minimum Gasteiger partial charge on any atom is -0.490 e. The number of nitrogens with zero attached hydrogens (tertiary/aromatic N) is 2. The van der Waals surface area contributed by atoms with Crippen LogP contribution in [-0.4, -0.2) is 29.4 Å². The van der Waals surface area contributed by atoms with Gasteiger partial charge in [-0.2, -0.15) is 4.98 Å². The molecule has 1 saturated heterocycles. The Morgan fingerprint density at radius 2 is 2.19 bits per heavy atom. The van der Waals surface area contributed by atoms with E-state index in [4.69, 9.17) is 14.0 Å². The van der Waals surface area contributed by atoms with E-state index in [1.54, 1.807) is 0 Å². The van der Waals surface area contributed by atoms with Gasteiger partial charge in [-0.1, -0.05) is 24.2 Å². The van der Waals surface area contributed by atoms with E-state index >= 15 is 0 Å². The molecule has 0 radical (unpaired) electrons. The third-order valence-corrected chi connectivity index (χ3v) is 3.79. The smallest absolute Gasteiger partial charge is 0.408 e. The maximum Gasteiger partial charge on any atom is 0.408 e. The van der Waals surface area contributed by atoms with Crippen LogP contribution in [-0.2, 0) is 16.7 Å². The molecule has 7 heteroatoms. The Hall–Kier alpha value is -2.57. The highest BCUT2D eigenvalue weighted by Gasteiger charge is 2.47. The SMILES string of the molecule is CCc1nc(-c2ccc3c(c2)OCC32COC(=O)N2)no1. The number of amides is 1. The van der Waals surface area contributed by atoms with Gasteiger partial charge in [0.2, 0.25) is 11.7 Å². The van der Waals surface area contributed by atoms with E-state index in [1.165, 1.54) is 0 Å². The van der Waals surface area contributed by atoms with Crippen LogP contribution in [0.4, 0.5) is 4.79 Å². The number of cyclic esters (lactones) is 1. The van der Waals surface area contributed by atoms with Gasteiger partial charge in [0.1, 0.15) is 24.5 Å². The largest absolute Gasteiger partial charge is 0.490 e. The highest BCUT2D eigenvalue weighted by molar-refractivity contribution is 5.73.